The van der Waals surface area contributed by atoms with Crippen LogP contribution in [-0.2, 0) is 0 Å². The molecular weight excluding hydrogens is 300 g/mol. The van der Waals surface area contributed by atoms with Crippen LogP contribution in [0.1, 0.15) is 23.8 Å². The third-order valence-electron chi connectivity index (χ3n) is 3.49. The number of hydrogen-bond acceptors (Lipinski definition) is 4. The van der Waals surface area contributed by atoms with Crippen LogP contribution in [0, 0.1) is 5.92 Å². The summed E-state index contributed by atoms with van der Waals surface area (Å²) in [4.78, 5) is 3.78. The van der Waals surface area contributed by atoms with Crippen LogP contribution in [0.2, 0.25) is 0 Å². The van der Waals surface area contributed by atoms with E-state index in [1.54, 1.807) is 11.3 Å². The summed E-state index contributed by atoms with van der Waals surface area (Å²) in [6.45, 7) is 3.08. The van der Waals surface area contributed by atoms with Crippen molar-refractivity contribution < 1.29 is 5.11 Å². The van der Waals surface area contributed by atoms with E-state index in [2.05, 4.69) is 32.3 Å². The Bertz CT molecular complexity index is 350. The third kappa shape index (κ3) is 3.29. The molecule has 96 valence electrons. The van der Waals surface area contributed by atoms with Crippen LogP contribution in [0.3, 0.4) is 0 Å². The molecule has 0 bridgehead atoms. The van der Waals surface area contributed by atoms with E-state index < -0.39 is 0 Å². The largest absolute Gasteiger partial charge is 0.396 e. The van der Waals surface area contributed by atoms with Crippen molar-refractivity contribution in [2.24, 2.45) is 11.7 Å². The summed E-state index contributed by atoms with van der Waals surface area (Å²) in [5, 5.41) is 11.3. The van der Waals surface area contributed by atoms with E-state index in [-0.39, 0.29) is 0 Å². The van der Waals surface area contributed by atoms with Gasteiger partial charge in [-0.25, -0.2) is 0 Å². The van der Waals surface area contributed by atoms with E-state index in [1.165, 1.54) is 4.88 Å². The van der Waals surface area contributed by atoms with E-state index in [4.69, 9.17) is 10.8 Å². The minimum Gasteiger partial charge on any atom is -0.396 e. The lowest BCUT2D eigenvalue weighted by Gasteiger charge is -2.36. The zero-order valence-corrected chi connectivity index (χ0v) is 12.2. The molecule has 1 aliphatic heterocycles. The quantitative estimate of drug-likeness (QED) is 0.895. The summed E-state index contributed by atoms with van der Waals surface area (Å²) in [6, 6.07) is 2.51. The second-order valence-corrected chi connectivity index (χ2v) is 6.44. The van der Waals surface area contributed by atoms with Gasteiger partial charge in [0.25, 0.3) is 0 Å². The second-order valence-electron chi connectivity index (χ2n) is 4.58. The van der Waals surface area contributed by atoms with Crippen molar-refractivity contribution in [3.05, 3.63) is 20.8 Å². The molecule has 1 saturated heterocycles. The highest BCUT2D eigenvalue weighted by Crippen LogP contribution is 2.31. The topological polar surface area (TPSA) is 49.5 Å². The molecule has 1 atom stereocenters. The van der Waals surface area contributed by atoms with E-state index in [0.717, 1.165) is 30.4 Å². The van der Waals surface area contributed by atoms with Crippen molar-refractivity contribution >= 4 is 27.3 Å². The Balaban J connectivity index is 2.00. The minimum atomic E-state index is 0.325. The van der Waals surface area contributed by atoms with Crippen molar-refractivity contribution in [3.63, 3.8) is 0 Å². The van der Waals surface area contributed by atoms with Gasteiger partial charge >= 0.3 is 0 Å². The molecule has 1 aliphatic rings. The number of likely N-dealkylation sites (tertiary alicyclic amines) is 1. The number of aliphatic hydroxyl groups excluding tert-OH is 1. The zero-order chi connectivity index (χ0) is 12.3. The minimum absolute atomic E-state index is 0.325. The molecule has 0 spiro atoms. The summed E-state index contributed by atoms with van der Waals surface area (Å²) >= 11 is 5.26. The predicted molar refractivity (Wildman–Crippen MR) is 75.2 cm³/mol. The van der Waals surface area contributed by atoms with Gasteiger partial charge in [0.05, 0.1) is 6.04 Å². The fourth-order valence-corrected chi connectivity index (χ4v) is 3.99. The molecule has 0 saturated carbocycles. The number of hydrogen-bond donors (Lipinski definition) is 2. The third-order valence-corrected chi connectivity index (χ3v) is 5.28. The molecule has 3 nitrogen and oxygen atoms in total. The lowest BCUT2D eigenvalue weighted by Crippen LogP contribution is -2.40. The number of aliphatic hydroxyl groups is 1. The average molecular weight is 319 g/mol. The van der Waals surface area contributed by atoms with Crippen LogP contribution in [-0.4, -0.2) is 36.2 Å². The Kier molecular flexibility index (Phi) is 4.99. The van der Waals surface area contributed by atoms with E-state index in [1.807, 2.05) is 0 Å². The second kappa shape index (κ2) is 6.29. The van der Waals surface area contributed by atoms with Gasteiger partial charge in [-0.2, -0.15) is 0 Å². The molecule has 0 amide bonds. The molecule has 0 radical (unpaired) electrons. The molecule has 0 aliphatic carbocycles. The SMILES string of the molecule is NCC(c1cc(Br)cs1)N1CCC(CO)CC1. The Labute approximate surface area is 115 Å². The first-order valence-electron chi connectivity index (χ1n) is 6.03. The molecule has 5 heteroatoms. The Morgan fingerprint density at radius 2 is 2.24 bits per heavy atom. The number of thiophene rings is 1. The lowest BCUT2D eigenvalue weighted by molar-refractivity contribution is 0.104. The van der Waals surface area contributed by atoms with Crippen LogP contribution in [0.25, 0.3) is 0 Å². The summed E-state index contributed by atoms with van der Waals surface area (Å²) in [6.07, 6.45) is 2.17. The number of nitrogens with zero attached hydrogens (tertiary/aromatic N) is 1. The number of rotatable bonds is 4. The van der Waals surface area contributed by atoms with Crippen LogP contribution >= 0.6 is 27.3 Å². The van der Waals surface area contributed by atoms with Crippen LogP contribution in [0.5, 0.6) is 0 Å². The molecule has 0 aromatic carbocycles. The molecule has 2 rings (SSSR count). The van der Waals surface area contributed by atoms with Gasteiger partial charge in [0.1, 0.15) is 0 Å². The maximum atomic E-state index is 9.15. The van der Waals surface area contributed by atoms with Crippen molar-refractivity contribution in [1.29, 1.82) is 0 Å². The first-order valence-corrected chi connectivity index (χ1v) is 7.70. The van der Waals surface area contributed by atoms with Gasteiger partial charge in [0.2, 0.25) is 0 Å². The lowest BCUT2D eigenvalue weighted by atomic mass is 9.96. The van der Waals surface area contributed by atoms with Crippen molar-refractivity contribution in [2.75, 3.05) is 26.2 Å². The average Bonchev–Trinajstić information content (AvgIpc) is 2.78. The summed E-state index contributed by atoms with van der Waals surface area (Å²) in [7, 11) is 0. The van der Waals surface area contributed by atoms with Gasteiger partial charge < -0.3 is 10.8 Å². The fourth-order valence-electron chi connectivity index (χ4n) is 2.40. The van der Waals surface area contributed by atoms with E-state index >= 15 is 0 Å². The van der Waals surface area contributed by atoms with Gasteiger partial charge in [-0.3, -0.25) is 4.90 Å². The molecule has 2 heterocycles. The summed E-state index contributed by atoms with van der Waals surface area (Å²) < 4.78 is 1.14. The van der Waals surface area contributed by atoms with Crippen molar-refractivity contribution in [3.8, 4) is 0 Å². The van der Waals surface area contributed by atoms with Crippen LogP contribution in [0.15, 0.2) is 15.9 Å². The Hall–Kier alpha value is 0.0600. The van der Waals surface area contributed by atoms with Gasteiger partial charge in [0.15, 0.2) is 0 Å². The number of halogens is 1. The maximum absolute atomic E-state index is 9.15. The monoisotopic (exact) mass is 318 g/mol. The highest BCUT2D eigenvalue weighted by Gasteiger charge is 2.25. The van der Waals surface area contributed by atoms with Gasteiger partial charge in [-0.05, 0) is 53.8 Å². The van der Waals surface area contributed by atoms with Crippen molar-refractivity contribution in [2.45, 2.75) is 18.9 Å². The van der Waals surface area contributed by atoms with Gasteiger partial charge in [-0.15, -0.1) is 11.3 Å². The van der Waals surface area contributed by atoms with E-state index in [0.29, 0.717) is 25.1 Å². The predicted octanol–water partition coefficient (Wildman–Crippen LogP) is 2.21. The van der Waals surface area contributed by atoms with Crippen molar-refractivity contribution in [1.82, 2.24) is 4.90 Å². The fraction of sp³-hybridized carbons (Fsp3) is 0.667. The van der Waals surface area contributed by atoms with Crippen LogP contribution in [0.4, 0.5) is 0 Å². The number of piperidine rings is 1. The number of nitrogens with two attached hydrogens (primary N) is 1. The maximum Gasteiger partial charge on any atom is 0.0564 e. The Morgan fingerprint density at radius 1 is 1.53 bits per heavy atom. The molecule has 1 aromatic heterocycles. The molecule has 1 fully saturated rings. The van der Waals surface area contributed by atoms with Crippen LogP contribution < -0.4 is 5.73 Å². The smallest absolute Gasteiger partial charge is 0.0564 e. The zero-order valence-electron chi connectivity index (χ0n) is 9.81. The highest BCUT2D eigenvalue weighted by molar-refractivity contribution is 9.10. The molecular formula is C12H19BrN2OS. The standard InChI is InChI=1S/C12H19BrN2OS/c13-10-5-12(17-8-10)11(6-14)15-3-1-9(7-16)2-4-15/h5,8-9,11,16H,1-4,6-7,14H2. The van der Waals surface area contributed by atoms with Gasteiger partial charge in [0, 0.05) is 27.9 Å². The Morgan fingerprint density at radius 3 is 2.71 bits per heavy atom. The first kappa shape index (κ1) is 13.5. The van der Waals surface area contributed by atoms with Gasteiger partial charge in [-0.1, -0.05) is 0 Å². The molecule has 3 N–H and O–H groups in total. The molecule has 1 aromatic rings. The summed E-state index contributed by atoms with van der Waals surface area (Å²) in [5.74, 6) is 0.486. The highest BCUT2D eigenvalue weighted by atomic mass is 79.9. The normalized spacial score (nSPS) is 20.6. The summed E-state index contributed by atoms with van der Waals surface area (Å²) in [5.41, 5.74) is 5.91. The molecule has 17 heavy (non-hydrogen) atoms. The molecule has 1 unspecified atom stereocenters. The first-order chi connectivity index (χ1) is 8.24. The van der Waals surface area contributed by atoms with E-state index in [9.17, 15) is 0 Å².